The van der Waals surface area contributed by atoms with Crippen molar-refractivity contribution in [1.29, 1.82) is 0 Å². The van der Waals surface area contributed by atoms with E-state index in [9.17, 15) is 0 Å². The Kier molecular flexibility index (Phi) is 6.32. The molecule has 0 aromatic carbocycles. The van der Waals surface area contributed by atoms with Crippen molar-refractivity contribution in [2.75, 3.05) is 0 Å². The highest BCUT2D eigenvalue weighted by atomic mass is 14.6. The Bertz CT molecular complexity index is 106. The molecule has 0 unspecified atom stereocenters. The van der Waals surface area contributed by atoms with Gasteiger partial charge in [0.15, 0.2) is 0 Å². The first-order chi connectivity index (χ1) is 4.81. The summed E-state index contributed by atoms with van der Waals surface area (Å²) in [7, 11) is 0. The van der Waals surface area contributed by atoms with Gasteiger partial charge in [0.05, 0.1) is 0 Å². The molecule has 1 aliphatic carbocycles. The van der Waals surface area contributed by atoms with E-state index in [1.54, 1.807) is 0 Å². The van der Waals surface area contributed by atoms with Gasteiger partial charge >= 0.3 is 0 Å². The van der Waals surface area contributed by atoms with Crippen molar-refractivity contribution in [2.24, 2.45) is 5.73 Å². The second-order valence-corrected chi connectivity index (χ2v) is 2.54. The van der Waals surface area contributed by atoms with Gasteiger partial charge in [-0.3, -0.25) is 0 Å². The van der Waals surface area contributed by atoms with E-state index < -0.39 is 0 Å². The third-order valence-corrected chi connectivity index (χ3v) is 1.65. The van der Waals surface area contributed by atoms with E-state index in [4.69, 9.17) is 5.73 Å². The summed E-state index contributed by atoms with van der Waals surface area (Å²) in [5, 5.41) is 0. The highest BCUT2D eigenvalue weighted by Gasteiger charge is 2.07. The summed E-state index contributed by atoms with van der Waals surface area (Å²) in [6.07, 6.45) is 5.25. The second-order valence-electron chi connectivity index (χ2n) is 2.54. The summed E-state index contributed by atoms with van der Waals surface area (Å²) >= 11 is 0. The monoisotopic (exact) mass is 139 g/mol. The maximum Gasteiger partial charge on any atom is 0.00388 e. The van der Waals surface area contributed by atoms with E-state index in [0.29, 0.717) is 6.04 Å². The van der Waals surface area contributed by atoms with Gasteiger partial charge in [-0.15, -0.1) is 11.8 Å². The van der Waals surface area contributed by atoms with Gasteiger partial charge in [-0.2, -0.15) is 0 Å². The van der Waals surface area contributed by atoms with E-state index >= 15 is 0 Å². The number of rotatable bonds is 0. The van der Waals surface area contributed by atoms with Crippen LogP contribution in [-0.4, -0.2) is 6.04 Å². The molecule has 10 heavy (non-hydrogen) atoms. The maximum absolute atomic E-state index is 5.53. The first-order valence-corrected chi connectivity index (χ1v) is 3.90. The molecule has 58 valence electrons. The van der Waals surface area contributed by atoms with Gasteiger partial charge < -0.3 is 5.73 Å². The molecule has 1 heteroatoms. The van der Waals surface area contributed by atoms with E-state index in [2.05, 4.69) is 11.8 Å². The zero-order valence-electron chi connectivity index (χ0n) is 6.98. The van der Waals surface area contributed by atoms with Crippen molar-refractivity contribution in [3.63, 3.8) is 0 Å². The third-order valence-electron chi connectivity index (χ3n) is 1.65. The smallest absolute Gasteiger partial charge is 0.00388 e. The zero-order chi connectivity index (χ0) is 7.82. The lowest BCUT2D eigenvalue weighted by Crippen LogP contribution is -2.13. The van der Waals surface area contributed by atoms with Crippen LogP contribution in [0.4, 0.5) is 0 Å². The predicted octanol–water partition coefficient (Wildman–Crippen LogP) is 1.92. The third kappa shape index (κ3) is 5.65. The van der Waals surface area contributed by atoms with Gasteiger partial charge in [0, 0.05) is 6.04 Å². The van der Waals surface area contributed by atoms with Gasteiger partial charge in [0.2, 0.25) is 0 Å². The molecule has 0 spiro atoms. The minimum absolute atomic E-state index is 0.546. The second kappa shape index (κ2) is 6.64. The van der Waals surface area contributed by atoms with Gasteiger partial charge in [-0.05, 0) is 26.7 Å². The van der Waals surface area contributed by atoms with Crippen LogP contribution in [0.2, 0.25) is 0 Å². The van der Waals surface area contributed by atoms with E-state index in [1.807, 2.05) is 13.8 Å². The Labute approximate surface area is 64.0 Å². The highest BCUT2D eigenvalue weighted by molar-refractivity contribution is 4.89. The number of nitrogens with two attached hydrogens (primary N) is 1. The van der Waals surface area contributed by atoms with E-state index in [1.165, 1.54) is 25.7 Å². The quantitative estimate of drug-likeness (QED) is 0.510. The molecule has 2 N–H and O–H groups in total. The molecule has 1 saturated carbocycles. The van der Waals surface area contributed by atoms with Crippen LogP contribution in [0.25, 0.3) is 0 Å². The van der Waals surface area contributed by atoms with Crippen LogP contribution in [0.5, 0.6) is 0 Å². The molecule has 0 aliphatic heterocycles. The van der Waals surface area contributed by atoms with Crippen molar-refractivity contribution >= 4 is 0 Å². The van der Waals surface area contributed by atoms with Crippen LogP contribution >= 0.6 is 0 Å². The molecule has 0 saturated heterocycles. The van der Waals surface area contributed by atoms with Crippen molar-refractivity contribution in [3.05, 3.63) is 0 Å². The fraction of sp³-hybridized carbons (Fsp3) is 0.778. The number of hydrogen-bond acceptors (Lipinski definition) is 1. The van der Waals surface area contributed by atoms with Crippen LogP contribution in [0.3, 0.4) is 0 Å². The topological polar surface area (TPSA) is 26.0 Å². The summed E-state index contributed by atoms with van der Waals surface area (Å²) < 4.78 is 0. The fourth-order valence-corrected chi connectivity index (χ4v) is 0.957. The molecule has 0 radical (unpaired) electrons. The average molecular weight is 139 g/mol. The highest BCUT2D eigenvalue weighted by Crippen LogP contribution is 2.14. The van der Waals surface area contributed by atoms with Gasteiger partial charge in [0.1, 0.15) is 0 Å². The average Bonchev–Trinajstić information content (AvgIpc) is 2.40. The van der Waals surface area contributed by atoms with Crippen LogP contribution in [0, 0.1) is 11.8 Å². The molecule has 1 aliphatic rings. The summed E-state index contributed by atoms with van der Waals surface area (Å²) in [5.41, 5.74) is 5.53. The lowest BCUT2D eigenvalue weighted by atomic mass is 10.3. The van der Waals surface area contributed by atoms with Crippen LogP contribution < -0.4 is 5.73 Å². The largest absolute Gasteiger partial charge is 0.328 e. The summed E-state index contributed by atoms with van der Waals surface area (Å²) in [4.78, 5) is 0. The Balaban J connectivity index is 0.000000180. The Morgan fingerprint density at radius 2 is 1.50 bits per heavy atom. The SMILES string of the molecule is CC#CC.NC1CCCC1. The first-order valence-electron chi connectivity index (χ1n) is 3.90. The van der Waals surface area contributed by atoms with Gasteiger partial charge in [-0.25, -0.2) is 0 Å². The zero-order valence-corrected chi connectivity index (χ0v) is 6.98. The molecule has 0 heterocycles. The lowest BCUT2D eigenvalue weighted by molar-refractivity contribution is 0.704. The molecule has 1 fully saturated rings. The minimum atomic E-state index is 0.546. The summed E-state index contributed by atoms with van der Waals surface area (Å²) in [6.45, 7) is 3.64. The van der Waals surface area contributed by atoms with Crippen LogP contribution in [0.1, 0.15) is 39.5 Å². The van der Waals surface area contributed by atoms with Crippen molar-refractivity contribution < 1.29 is 0 Å². The molecule has 0 bridgehead atoms. The van der Waals surface area contributed by atoms with Crippen molar-refractivity contribution in [1.82, 2.24) is 0 Å². The summed E-state index contributed by atoms with van der Waals surface area (Å²) in [6, 6.07) is 0.546. The molecular formula is C9H17N. The normalized spacial score (nSPS) is 16.7. The van der Waals surface area contributed by atoms with E-state index in [0.717, 1.165) is 0 Å². The minimum Gasteiger partial charge on any atom is -0.328 e. The molecule has 0 atom stereocenters. The Hall–Kier alpha value is -0.480. The molecule has 0 aromatic rings. The molecule has 1 rings (SSSR count). The molecule has 0 amide bonds. The van der Waals surface area contributed by atoms with Gasteiger partial charge in [0.25, 0.3) is 0 Å². The molecule has 0 aromatic heterocycles. The maximum atomic E-state index is 5.53. The first kappa shape index (κ1) is 9.52. The van der Waals surface area contributed by atoms with Crippen LogP contribution in [-0.2, 0) is 0 Å². The predicted molar refractivity (Wildman–Crippen MR) is 45.6 cm³/mol. The Morgan fingerprint density at radius 3 is 1.60 bits per heavy atom. The lowest BCUT2D eigenvalue weighted by Gasteiger charge is -1.92. The summed E-state index contributed by atoms with van der Waals surface area (Å²) in [5.74, 6) is 5.36. The molecular weight excluding hydrogens is 122 g/mol. The van der Waals surface area contributed by atoms with Crippen molar-refractivity contribution in [3.8, 4) is 11.8 Å². The van der Waals surface area contributed by atoms with E-state index in [-0.39, 0.29) is 0 Å². The number of hydrogen-bond donors (Lipinski definition) is 1. The Morgan fingerprint density at radius 1 is 1.10 bits per heavy atom. The van der Waals surface area contributed by atoms with Crippen molar-refractivity contribution in [2.45, 2.75) is 45.6 Å². The van der Waals surface area contributed by atoms with Gasteiger partial charge in [-0.1, -0.05) is 12.8 Å². The fourth-order valence-electron chi connectivity index (χ4n) is 0.957. The standard InChI is InChI=1S/C5H11N.C4H6/c6-5-3-1-2-4-5;1-3-4-2/h5H,1-4,6H2;1-2H3. The van der Waals surface area contributed by atoms with Crippen LogP contribution in [0.15, 0.2) is 0 Å². The molecule has 1 nitrogen and oxygen atoms in total.